The minimum Gasteiger partial charge on any atom is -0.306 e. The Balaban J connectivity index is 1.95. The minimum absolute atomic E-state index is 0.383. The van der Waals surface area contributed by atoms with Gasteiger partial charge in [0.2, 0.25) is 0 Å². The van der Waals surface area contributed by atoms with Crippen LogP contribution >= 0.6 is 27.3 Å². The van der Waals surface area contributed by atoms with Gasteiger partial charge in [-0.15, -0.1) is 11.3 Å². The van der Waals surface area contributed by atoms with Crippen LogP contribution in [0, 0.1) is 6.92 Å². The highest BCUT2D eigenvalue weighted by molar-refractivity contribution is 9.11. The predicted octanol–water partition coefficient (Wildman–Crippen LogP) is 4.67. The molecule has 0 aliphatic carbocycles. The van der Waals surface area contributed by atoms with Crippen molar-refractivity contribution in [3.05, 3.63) is 56.2 Å². The maximum Gasteiger partial charge on any atom is 0.0701 e. The lowest BCUT2D eigenvalue weighted by atomic mass is 10.1. The molecule has 1 aromatic heterocycles. The van der Waals surface area contributed by atoms with Crippen molar-refractivity contribution in [2.75, 3.05) is 0 Å². The van der Waals surface area contributed by atoms with Gasteiger partial charge in [0, 0.05) is 12.6 Å². The van der Waals surface area contributed by atoms with Gasteiger partial charge >= 0.3 is 0 Å². The number of hydrogen-bond donors (Lipinski definition) is 1. The van der Waals surface area contributed by atoms with E-state index < -0.39 is 0 Å². The van der Waals surface area contributed by atoms with Crippen LogP contribution in [-0.2, 0) is 6.54 Å². The zero-order valence-corrected chi connectivity index (χ0v) is 12.4. The molecule has 0 fully saturated rings. The van der Waals surface area contributed by atoms with E-state index in [4.69, 9.17) is 0 Å². The molecule has 90 valence electrons. The quantitative estimate of drug-likeness (QED) is 0.865. The fourth-order valence-electron chi connectivity index (χ4n) is 1.77. The summed E-state index contributed by atoms with van der Waals surface area (Å²) in [5.74, 6) is 0. The lowest BCUT2D eigenvalue weighted by Gasteiger charge is -2.14. The molecule has 1 atom stereocenters. The number of aryl methyl sites for hydroxylation is 1. The molecule has 0 saturated heterocycles. The highest BCUT2D eigenvalue weighted by Gasteiger charge is 2.05. The summed E-state index contributed by atoms with van der Waals surface area (Å²) < 4.78 is 1.19. The first kappa shape index (κ1) is 12.8. The normalized spacial score (nSPS) is 12.6. The van der Waals surface area contributed by atoms with Crippen molar-refractivity contribution in [3.8, 4) is 0 Å². The Morgan fingerprint density at radius 2 is 2.18 bits per heavy atom. The second kappa shape index (κ2) is 5.80. The van der Waals surface area contributed by atoms with Crippen LogP contribution in [0.25, 0.3) is 0 Å². The van der Waals surface area contributed by atoms with Crippen LogP contribution in [0.5, 0.6) is 0 Å². The van der Waals surface area contributed by atoms with Crippen LogP contribution in [0.4, 0.5) is 0 Å². The maximum atomic E-state index is 3.54. The van der Waals surface area contributed by atoms with E-state index >= 15 is 0 Å². The molecule has 0 bridgehead atoms. The van der Waals surface area contributed by atoms with E-state index in [1.807, 2.05) is 0 Å². The molecule has 1 N–H and O–H groups in total. The van der Waals surface area contributed by atoms with Crippen LogP contribution in [0.3, 0.4) is 0 Å². The first-order valence-electron chi connectivity index (χ1n) is 5.68. The van der Waals surface area contributed by atoms with Crippen molar-refractivity contribution in [1.29, 1.82) is 0 Å². The van der Waals surface area contributed by atoms with Crippen molar-refractivity contribution in [1.82, 2.24) is 5.32 Å². The third-order valence-electron chi connectivity index (χ3n) is 2.78. The smallest absolute Gasteiger partial charge is 0.0701 e. The van der Waals surface area contributed by atoms with Crippen LogP contribution in [-0.4, -0.2) is 0 Å². The maximum absolute atomic E-state index is 3.54. The standard InChI is InChI=1S/C14H16BrNS/c1-10-4-3-5-13(6-10)11(2)16-8-12-7-14(15)17-9-12/h3-7,9,11,16H,8H2,1-2H3/t11-/m0/s1. The zero-order valence-electron chi connectivity index (χ0n) is 10.0. The second-order valence-corrected chi connectivity index (χ2v) is 6.57. The van der Waals surface area contributed by atoms with E-state index in [2.05, 4.69) is 70.8 Å². The van der Waals surface area contributed by atoms with E-state index in [0.29, 0.717) is 6.04 Å². The van der Waals surface area contributed by atoms with Crippen LogP contribution in [0.1, 0.15) is 29.7 Å². The van der Waals surface area contributed by atoms with Crippen molar-refractivity contribution in [2.24, 2.45) is 0 Å². The van der Waals surface area contributed by atoms with E-state index in [0.717, 1.165) is 6.54 Å². The number of nitrogens with one attached hydrogen (secondary N) is 1. The fraction of sp³-hybridized carbons (Fsp3) is 0.286. The van der Waals surface area contributed by atoms with Gasteiger partial charge in [0.1, 0.15) is 0 Å². The molecule has 0 amide bonds. The average Bonchev–Trinajstić information content (AvgIpc) is 2.72. The van der Waals surface area contributed by atoms with Crippen molar-refractivity contribution < 1.29 is 0 Å². The second-order valence-electron chi connectivity index (χ2n) is 4.28. The van der Waals surface area contributed by atoms with Crippen LogP contribution < -0.4 is 5.32 Å². The van der Waals surface area contributed by atoms with Gasteiger partial charge < -0.3 is 5.32 Å². The highest BCUT2D eigenvalue weighted by Crippen LogP contribution is 2.21. The molecule has 0 saturated carbocycles. The number of hydrogen-bond acceptors (Lipinski definition) is 2. The molecule has 0 aliphatic rings. The number of benzene rings is 1. The number of rotatable bonds is 4. The van der Waals surface area contributed by atoms with Gasteiger partial charge in [-0.25, -0.2) is 0 Å². The van der Waals surface area contributed by atoms with Crippen molar-refractivity contribution in [3.63, 3.8) is 0 Å². The predicted molar refractivity (Wildman–Crippen MR) is 78.5 cm³/mol. The Kier molecular flexibility index (Phi) is 4.37. The van der Waals surface area contributed by atoms with E-state index in [-0.39, 0.29) is 0 Å². The first-order chi connectivity index (χ1) is 8.15. The van der Waals surface area contributed by atoms with Gasteiger partial charge in [0.15, 0.2) is 0 Å². The van der Waals surface area contributed by atoms with Gasteiger partial charge in [0.25, 0.3) is 0 Å². The summed E-state index contributed by atoms with van der Waals surface area (Å²) in [5.41, 5.74) is 4.00. The van der Waals surface area contributed by atoms with Crippen molar-refractivity contribution in [2.45, 2.75) is 26.4 Å². The molecular formula is C14H16BrNS. The van der Waals surface area contributed by atoms with Gasteiger partial charge in [0.05, 0.1) is 3.79 Å². The molecule has 1 heterocycles. The van der Waals surface area contributed by atoms with Crippen LogP contribution in [0.2, 0.25) is 0 Å². The summed E-state index contributed by atoms with van der Waals surface area (Å²) in [5, 5.41) is 5.72. The molecular weight excluding hydrogens is 294 g/mol. The monoisotopic (exact) mass is 309 g/mol. The van der Waals surface area contributed by atoms with E-state index in [1.54, 1.807) is 11.3 Å². The molecule has 0 spiro atoms. The molecule has 2 rings (SSSR count). The third-order valence-corrected chi connectivity index (χ3v) is 4.33. The molecule has 3 heteroatoms. The van der Waals surface area contributed by atoms with Gasteiger partial charge in [-0.3, -0.25) is 0 Å². The zero-order chi connectivity index (χ0) is 12.3. The molecule has 2 aromatic rings. The molecule has 0 radical (unpaired) electrons. The number of halogens is 1. The molecule has 1 aromatic carbocycles. The van der Waals surface area contributed by atoms with E-state index in [1.165, 1.54) is 20.5 Å². The van der Waals surface area contributed by atoms with Gasteiger partial charge in [-0.2, -0.15) is 0 Å². The Morgan fingerprint density at radius 3 is 2.82 bits per heavy atom. The average molecular weight is 310 g/mol. The lowest BCUT2D eigenvalue weighted by molar-refractivity contribution is 0.575. The SMILES string of the molecule is Cc1cccc([C@H](C)NCc2csc(Br)c2)c1. The Bertz CT molecular complexity index is 492. The minimum atomic E-state index is 0.383. The molecule has 1 nitrogen and oxygen atoms in total. The summed E-state index contributed by atoms with van der Waals surface area (Å²) in [4.78, 5) is 0. The van der Waals surface area contributed by atoms with E-state index in [9.17, 15) is 0 Å². The fourth-order valence-corrected chi connectivity index (χ4v) is 2.98. The Morgan fingerprint density at radius 1 is 1.35 bits per heavy atom. The summed E-state index contributed by atoms with van der Waals surface area (Å²) in [6.07, 6.45) is 0. The largest absolute Gasteiger partial charge is 0.306 e. The molecule has 17 heavy (non-hydrogen) atoms. The molecule has 0 unspecified atom stereocenters. The summed E-state index contributed by atoms with van der Waals surface area (Å²) in [6, 6.07) is 11.2. The summed E-state index contributed by atoms with van der Waals surface area (Å²) in [6.45, 7) is 5.25. The highest BCUT2D eigenvalue weighted by atomic mass is 79.9. The molecule has 0 aliphatic heterocycles. The first-order valence-corrected chi connectivity index (χ1v) is 7.35. The van der Waals surface area contributed by atoms with Crippen molar-refractivity contribution >= 4 is 27.3 Å². The third kappa shape index (κ3) is 3.66. The summed E-state index contributed by atoms with van der Waals surface area (Å²) in [7, 11) is 0. The lowest BCUT2D eigenvalue weighted by Crippen LogP contribution is -2.17. The van der Waals surface area contributed by atoms with Gasteiger partial charge in [-0.05, 0) is 52.4 Å². The Labute approximate surface area is 115 Å². The van der Waals surface area contributed by atoms with Crippen LogP contribution in [0.15, 0.2) is 39.5 Å². The Hall–Kier alpha value is -0.640. The number of thiophene rings is 1. The topological polar surface area (TPSA) is 12.0 Å². The van der Waals surface area contributed by atoms with Gasteiger partial charge in [-0.1, -0.05) is 29.8 Å². The summed E-state index contributed by atoms with van der Waals surface area (Å²) >= 11 is 5.22.